The highest BCUT2D eigenvalue weighted by molar-refractivity contribution is 5.92. The fraction of sp³-hybridized carbons (Fsp3) is 0.471. The Morgan fingerprint density at radius 2 is 1.95 bits per heavy atom. The fourth-order valence-corrected chi connectivity index (χ4v) is 3.17. The quantitative estimate of drug-likeness (QED) is 0.848. The summed E-state index contributed by atoms with van der Waals surface area (Å²) in [4.78, 5) is 0. The number of benzene rings is 1. The number of rotatable bonds is 2. The monoisotopic (exact) mass is 280 g/mol. The molecule has 3 rings (SSSR count). The number of fused-ring (bicyclic) bond motifs is 1. The van der Waals surface area contributed by atoms with E-state index < -0.39 is 0 Å². The molecule has 4 heteroatoms. The van der Waals surface area contributed by atoms with Crippen molar-refractivity contribution in [2.24, 2.45) is 5.92 Å². The fourth-order valence-electron chi connectivity index (χ4n) is 3.17. The van der Waals surface area contributed by atoms with Gasteiger partial charge in [0.25, 0.3) is 0 Å². The molecule has 1 fully saturated rings. The third-order valence-corrected chi connectivity index (χ3v) is 4.47. The third kappa shape index (κ3) is 2.82. The molecular formula is C17H20N4. The highest BCUT2D eigenvalue weighted by atomic mass is 15.1. The number of nitrogens with one attached hydrogen (secondary N) is 1. The molecule has 1 aromatic heterocycles. The lowest BCUT2D eigenvalue weighted by Gasteiger charge is -2.24. The van der Waals surface area contributed by atoms with E-state index in [0.29, 0.717) is 17.7 Å². The molecule has 21 heavy (non-hydrogen) atoms. The molecule has 1 aliphatic carbocycles. The van der Waals surface area contributed by atoms with Crippen molar-refractivity contribution >= 4 is 16.6 Å². The Labute approximate surface area is 125 Å². The van der Waals surface area contributed by atoms with Crippen LogP contribution in [0.15, 0.2) is 24.3 Å². The van der Waals surface area contributed by atoms with Crippen molar-refractivity contribution in [3.8, 4) is 6.07 Å². The van der Waals surface area contributed by atoms with E-state index >= 15 is 0 Å². The summed E-state index contributed by atoms with van der Waals surface area (Å²) in [6.07, 6.45) is 6.27. The van der Waals surface area contributed by atoms with Gasteiger partial charge in [0, 0.05) is 11.4 Å². The minimum Gasteiger partial charge on any atom is -0.379 e. The Morgan fingerprint density at radius 1 is 1.14 bits per heavy atom. The summed E-state index contributed by atoms with van der Waals surface area (Å²) in [6.45, 7) is 2.30. The molecule has 0 spiro atoms. The SMILES string of the molecule is CC1CCCCCC1Nc1c(C#N)nnc2ccccc12. The van der Waals surface area contributed by atoms with Crippen LogP contribution in [-0.4, -0.2) is 16.2 Å². The van der Waals surface area contributed by atoms with Crippen LogP contribution in [0.4, 0.5) is 5.69 Å². The van der Waals surface area contributed by atoms with Crippen molar-refractivity contribution in [3.63, 3.8) is 0 Å². The Kier molecular flexibility index (Phi) is 4.01. The number of anilines is 1. The first kappa shape index (κ1) is 13.8. The maximum absolute atomic E-state index is 9.34. The summed E-state index contributed by atoms with van der Waals surface area (Å²) < 4.78 is 0. The Morgan fingerprint density at radius 3 is 2.81 bits per heavy atom. The first-order valence-corrected chi connectivity index (χ1v) is 7.71. The molecular weight excluding hydrogens is 260 g/mol. The molecule has 1 saturated carbocycles. The van der Waals surface area contributed by atoms with Gasteiger partial charge in [0.1, 0.15) is 6.07 Å². The smallest absolute Gasteiger partial charge is 0.186 e. The standard InChI is InChI=1S/C17H20N4/c1-12-7-3-2-4-9-14(12)19-17-13-8-5-6-10-15(13)20-21-16(17)11-18/h5-6,8,10,12,14H,2-4,7,9H2,1H3,(H,19,20). The van der Waals surface area contributed by atoms with Crippen LogP contribution in [0.25, 0.3) is 10.9 Å². The van der Waals surface area contributed by atoms with E-state index in [9.17, 15) is 5.26 Å². The van der Waals surface area contributed by atoms with Gasteiger partial charge in [-0.05, 0) is 24.8 Å². The van der Waals surface area contributed by atoms with Gasteiger partial charge in [0.2, 0.25) is 0 Å². The van der Waals surface area contributed by atoms with Gasteiger partial charge in [0.15, 0.2) is 5.69 Å². The topological polar surface area (TPSA) is 61.6 Å². The molecule has 1 heterocycles. The molecule has 4 nitrogen and oxygen atoms in total. The molecule has 1 aromatic carbocycles. The molecule has 1 N–H and O–H groups in total. The van der Waals surface area contributed by atoms with Crippen LogP contribution < -0.4 is 5.32 Å². The highest BCUT2D eigenvalue weighted by Gasteiger charge is 2.22. The minimum atomic E-state index is 0.394. The van der Waals surface area contributed by atoms with Gasteiger partial charge in [-0.3, -0.25) is 0 Å². The predicted octanol–water partition coefficient (Wildman–Crippen LogP) is 3.88. The second-order valence-corrected chi connectivity index (χ2v) is 5.92. The van der Waals surface area contributed by atoms with Gasteiger partial charge in [0.05, 0.1) is 11.2 Å². The number of aromatic nitrogens is 2. The van der Waals surface area contributed by atoms with Crippen LogP contribution in [-0.2, 0) is 0 Å². The van der Waals surface area contributed by atoms with Crippen LogP contribution in [0.5, 0.6) is 0 Å². The summed E-state index contributed by atoms with van der Waals surface area (Å²) in [5, 5.41) is 22.1. The van der Waals surface area contributed by atoms with Crippen LogP contribution in [0.1, 0.15) is 44.7 Å². The summed E-state index contributed by atoms with van der Waals surface area (Å²) >= 11 is 0. The van der Waals surface area contributed by atoms with E-state index in [1.165, 1.54) is 25.7 Å². The number of hydrogen-bond donors (Lipinski definition) is 1. The second kappa shape index (κ2) is 6.09. The van der Waals surface area contributed by atoms with Gasteiger partial charge in [-0.25, -0.2) is 0 Å². The summed E-state index contributed by atoms with van der Waals surface area (Å²) in [7, 11) is 0. The first-order valence-electron chi connectivity index (χ1n) is 7.71. The van der Waals surface area contributed by atoms with Crippen molar-refractivity contribution < 1.29 is 0 Å². The second-order valence-electron chi connectivity index (χ2n) is 5.92. The number of hydrogen-bond acceptors (Lipinski definition) is 4. The Balaban J connectivity index is 2.00. The van der Waals surface area contributed by atoms with Crippen molar-refractivity contribution in [2.75, 3.05) is 5.32 Å². The molecule has 0 radical (unpaired) electrons. The van der Waals surface area contributed by atoms with Crippen molar-refractivity contribution in [3.05, 3.63) is 30.0 Å². The molecule has 108 valence electrons. The minimum absolute atomic E-state index is 0.394. The number of nitrogens with zero attached hydrogens (tertiary/aromatic N) is 3. The van der Waals surface area contributed by atoms with Crippen LogP contribution in [0, 0.1) is 17.2 Å². The van der Waals surface area contributed by atoms with Crippen LogP contribution in [0.2, 0.25) is 0 Å². The summed E-state index contributed by atoms with van der Waals surface area (Å²) in [5.41, 5.74) is 2.08. The molecule has 0 saturated heterocycles. The average Bonchev–Trinajstić information content (AvgIpc) is 2.72. The van der Waals surface area contributed by atoms with Crippen LogP contribution >= 0.6 is 0 Å². The lowest BCUT2D eigenvalue weighted by atomic mass is 9.96. The van der Waals surface area contributed by atoms with Gasteiger partial charge in [-0.2, -0.15) is 5.26 Å². The Bertz CT molecular complexity index is 674. The zero-order chi connectivity index (χ0) is 14.7. The normalized spacial score (nSPS) is 22.5. The van der Waals surface area contributed by atoms with E-state index in [0.717, 1.165) is 23.0 Å². The van der Waals surface area contributed by atoms with E-state index in [1.807, 2.05) is 24.3 Å². The van der Waals surface area contributed by atoms with Crippen molar-refractivity contribution in [1.82, 2.24) is 10.2 Å². The molecule has 1 aliphatic rings. The van der Waals surface area contributed by atoms with Gasteiger partial charge in [-0.15, -0.1) is 10.2 Å². The van der Waals surface area contributed by atoms with E-state index in [4.69, 9.17) is 0 Å². The largest absolute Gasteiger partial charge is 0.379 e. The first-order chi connectivity index (χ1) is 10.3. The summed E-state index contributed by atoms with van der Waals surface area (Å²) in [5.74, 6) is 0.617. The molecule has 0 bridgehead atoms. The van der Waals surface area contributed by atoms with E-state index in [1.54, 1.807) is 0 Å². The molecule has 2 unspecified atom stereocenters. The molecule has 0 aliphatic heterocycles. The molecule has 2 aromatic rings. The van der Waals surface area contributed by atoms with Crippen molar-refractivity contribution in [2.45, 2.75) is 45.1 Å². The number of nitriles is 1. The predicted molar refractivity (Wildman–Crippen MR) is 83.9 cm³/mol. The molecule has 2 atom stereocenters. The van der Waals surface area contributed by atoms with Crippen LogP contribution in [0.3, 0.4) is 0 Å². The van der Waals surface area contributed by atoms with Crippen molar-refractivity contribution in [1.29, 1.82) is 5.26 Å². The zero-order valence-electron chi connectivity index (χ0n) is 12.3. The van der Waals surface area contributed by atoms with Gasteiger partial charge in [-0.1, -0.05) is 44.4 Å². The summed E-state index contributed by atoms with van der Waals surface area (Å²) in [6, 6.07) is 10.4. The van der Waals surface area contributed by atoms with E-state index in [-0.39, 0.29) is 0 Å². The van der Waals surface area contributed by atoms with Gasteiger partial charge < -0.3 is 5.32 Å². The van der Waals surface area contributed by atoms with Gasteiger partial charge >= 0.3 is 0 Å². The zero-order valence-corrected chi connectivity index (χ0v) is 12.3. The average molecular weight is 280 g/mol. The highest BCUT2D eigenvalue weighted by Crippen LogP contribution is 2.30. The maximum Gasteiger partial charge on any atom is 0.186 e. The lowest BCUT2D eigenvalue weighted by molar-refractivity contribution is 0.457. The maximum atomic E-state index is 9.34. The Hall–Kier alpha value is -2.15. The third-order valence-electron chi connectivity index (χ3n) is 4.47. The van der Waals surface area contributed by atoms with E-state index in [2.05, 4.69) is 28.5 Å². The molecule has 0 amide bonds. The lowest BCUT2D eigenvalue weighted by Crippen LogP contribution is -2.27.